The third-order valence-electron chi connectivity index (χ3n) is 5.23. The number of rotatable bonds is 6. The van der Waals surface area contributed by atoms with Gasteiger partial charge in [-0.2, -0.15) is 0 Å². The molecule has 0 aliphatic carbocycles. The highest BCUT2D eigenvalue weighted by atomic mass is 16.5. The van der Waals surface area contributed by atoms with Crippen molar-refractivity contribution in [1.29, 1.82) is 0 Å². The number of ketones is 1. The molecule has 1 aromatic heterocycles. The van der Waals surface area contributed by atoms with Crippen molar-refractivity contribution >= 4 is 17.4 Å². The number of hydrogen-bond acceptors (Lipinski definition) is 5. The Hall–Kier alpha value is -3.93. The van der Waals surface area contributed by atoms with Gasteiger partial charge >= 0.3 is 0 Å². The van der Waals surface area contributed by atoms with Gasteiger partial charge in [0, 0.05) is 24.5 Å². The maximum Gasteiger partial charge on any atom is 0.295 e. The number of nitrogens with zero attached hydrogens (tertiary/aromatic N) is 2. The van der Waals surface area contributed by atoms with Crippen molar-refractivity contribution in [1.82, 2.24) is 9.88 Å². The second-order valence-electron chi connectivity index (χ2n) is 7.89. The standard InChI is InChI=1S/C26H24N2O4/c1-17(2)32-21-12-10-20(11-13-21)24(29)22-23(19-8-4-3-5-9-19)28(26(31)25(22)30)16-18-7-6-14-27-15-18/h3-15,17,23,29H,16H2,1-2H3/b24-22-. The van der Waals surface area contributed by atoms with Gasteiger partial charge in [-0.25, -0.2) is 0 Å². The van der Waals surface area contributed by atoms with Gasteiger partial charge in [-0.1, -0.05) is 36.4 Å². The fourth-order valence-corrected chi connectivity index (χ4v) is 3.83. The molecule has 3 aromatic rings. The molecule has 6 heteroatoms. The van der Waals surface area contributed by atoms with E-state index in [-0.39, 0.29) is 24.0 Å². The minimum absolute atomic E-state index is 0.0188. The van der Waals surface area contributed by atoms with E-state index in [9.17, 15) is 14.7 Å². The lowest BCUT2D eigenvalue weighted by molar-refractivity contribution is -0.140. The molecule has 1 aliphatic rings. The van der Waals surface area contributed by atoms with E-state index < -0.39 is 17.7 Å². The first kappa shape index (κ1) is 21.3. The van der Waals surface area contributed by atoms with E-state index in [0.717, 1.165) is 11.1 Å². The Balaban J connectivity index is 1.78. The molecule has 4 rings (SSSR count). The molecule has 1 unspecified atom stereocenters. The van der Waals surface area contributed by atoms with Gasteiger partial charge in [-0.3, -0.25) is 14.6 Å². The van der Waals surface area contributed by atoms with Crippen LogP contribution in [-0.2, 0) is 16.1 Å². The summed E-state index contributed by atoms with van der Waals surface area (Å²) in [6.07, 6.45) is 3.33. The number of amides is 1. The molecule has 6 nitrogen and oxygen atoms in total. The topological polar surface area (TPSA) is 79.7 Å². The number of likely N-dealkylation sites (tertiary alicyclic amines) is 1. The van der Waals surface area contributed by atoms with Crippen molar-refractivity contribution in [3.8, 4) is 5.75 Å². The Morgan fingerprint density at radius 3 is 2.38 bits per heavy atom. The zero-order chi connectivity index (χ0) is 22.7. The van der Waals surface area contributed by atoms with Crippen LogP contribution in [0, 0.1) is 0 Å². The van der Waals surface area contributed by atoms with Crippen molar-refractivity contribution in [2.45, 2.75) is 32.5 Å². The summed E-state index contributed by atoms with van der Waals surface area (Å²) in [5.74, 6) is -0.901. The Labute approximate surface area is 186 Å². The number of aliphatic hydroxyl groups is 1. The van der Waals surface area contributed by atoms with Gasteiger partial charge in [0.15, 0.2) is 0 Å². The minimum Gasteiger partial charge on any atom is -0.507 e. The summed E-state index contributed by atoms with van der Waals surface area (Å²) in [6, 6.07) is 19.0. The maximum atomic E-state index is 13.1. The zero-order valence-electron chi connectivity index (χ0n) is 17.9. The average molecular weight is 428 g/mol. The zero-order valence-corrected chi connectivity index (χ0v) is 17.9. The smallest absolute Gasteiger partial charge is 0.295 e. The summed E-state index contributed by atoms with van der Waals surface area (Å²) in [5, 5.41) is 11.1. The Morgan fingerprint density at radius 2 is 1.75 bits per heavy atom. The van der Waals surface area contributed by atoms with Gasteiger partial charge in [0.1, 0.15) is 11.5 Å². The Morgan fingerprint density at radius 1 is 1.03 bits per heavy atom. The molecule has 2 aromatic carbocycles. The summed E-state index contributed by atoms with van der Waals surface area (Å²) >= 11 is 0. The van der Waals surface area contributed by atoms with E-state index in [0.29, 0.717) is 11.3 Å². The molecule has 162 valence electrons. The van der Waals surface area contributed by atoms with Crippen LogP contribution in [0.5, 0.6) is 5.75 Å². The van der Waals surface area contributed by atoms with E-state index in [1.54, 1.807) is 42.7 Å². The van der Waals surface area contributed by atoms with Crippen LogP contribution in [0.15, 0.2) is 84.7 Å². The Bertz CT molecular complexity index is 1140. The molecule has 32 heavy (non-hydrogen) atoms. The van der Waals surface area contributed by atoms with Crippen LogP contribution >= 0.6 is 0 Å². The van der Waals surface area contributed by atoms with Gasteiger partial charge in [0.05, 0.1) is 17.7 Å². The monoisotopic (exact) mass is 428 g/mol. The number of benzene rings is 2. The summed E-state index contributed by atoms with van der Waals surface area (Å²) < 4.78 is 5.65. The predicted octanol–water partition coefficient (Wildman–Crippen LogP) is 4.49. The number of aromatic nitrogens is 1. The molecule has 1 aliphatic heterocycles. The largest absolute Gasteiger partial charge is 0.507 e. The first-order valence-electron chi connectivity index (χ1n) is 10.4. The third kappa shape index (κ3) is 4.25. The van der Waals surface area contributed by atoms with Gasteiger partial charge in [-0.15, -0.1) is 0 Å². The first-order valence-corrected chi connectivity index (χ1v) is 10.4. The normalized spacial score (nSPS) is 17.7. The summed E-state index contributed by atoms with van der Waals surface area (Å²) in [7, 11) is 0. The maximum absolute atomic E-state index is 13.1. The number of ether oxygens (including phenoxy) is 1. The van der Waals surface area contributed by atoms with Crippen molar-refractivity contribution in [2.75, 3.05) is 0 Å². The average Bonchev–Trinajstić information content (AvgIpc) is 3.05. The quantitative estimate of drug-likeness (QED) is 0.355. The molecule has 0 radical (unpaired) electrons. The SMILES string of the molecule is CC(C)Oc1ccc(/C(O)=C2/C(=O)C(=O)N(Cc3cccnc3)C2c2ccccc2)cc1. The number of carbonyl (C=O) groups excluding carboxylic acids is 2. The molecule has 1 amide bonds. The fourth-order valence-electron chi connectivity index (χ4n) is 3.83. The molecule has 0 spiro atoms. The molecular formula is C26H24N2O4. The molecule has 1 saturated heterocycles. The van der Waals surface area contributed by atoms with E-state index in [1.165, 1.54) is 4.90 Å². The van der Waals surface area contributed by atoms with Gasteiger partial charge < -0.3 is 14.7 Å². The Kier molecular flexibility index (Phi) is 6.03. The fraction of sp³-hybridized carbons (Fsp3) is 0.192. The van der Waals surface area contributed by atoms with Crippen LogP contribution in [0.1, 0.15) is 36.6 Å². The van der Waals surface area contributed by atoms with Crippen LogP contribution in [0.25, 0.3) is 5.76 Å². The van der Waals surface area contributed by atoms with Crippen molar-refractivity contribution in [2.24, 2.45) is 0 Å². The molecule has 0 saturated carbocycles. The van der Waals surface area contributed by atoms with Crippen molar-refractivity contribution in [3.63, 3.8) is 0 Å². The molecule has 1 atom stereocenters. The van der Waals surface area contributed by atoms with Crippen LogP contribution in [0.3, 0.4) is 0 Å². The van der Waals surface area contributed by atoms with Gasteiger partial charge in [-0.05, 0) is 55.3 Å². The van der Waals surface area contributed by atoms with Crippen molar-refractivity contribution in [3.05, 3.63) is 101 Å². The molecule has 2 heterocycles. The highest BCUT2D eigenvalue weighted by Crippen LogP contribution is 2.40. The number of carbonyl (C=O) groups is 2. The summed E-state index contributed by atoms with van der Waals surface area (Å²) in [6.45, 7) is 4.06. The minimum atomic E-state index is -0.706. The lowest BCUT2D eigenvalue weighted by Crippen LogP contribution is -2.29. The highest BCUT2D eigenvalue weighted by molar-refractivity contribution is 6.46. The molecule has 1 fully saturated rings. The number of hydrogen-bond donors (Lipinski definition) is 1. The highest BCUT2D eigenvalue weighted by Gasteiger charge is 2.46. The molecule has 0 bridgehead atoms. The van der Waals surface area contributed by atoms with Crippen LogP contribution < -0.4 is 4.74 Å². The van der Waals surface area contributed by atoms with Crippen molar-refractivity contribution < 1.29 is 19.4 Å². The van der Waals surface area contributed by atoms with Crippen LogP contribution in [-0.4, -0.2) is 32.8 Å². The number of aliphatic hydroxyl groups excluding tert-OH is 1. The molecule has 1 N–H and O–H groups in total. The first-order chi connectivity index (χ1) is 15.5. The van der Waals surface area contributed by atoms with E-state index in [2.05, 4.69) is 4.98 Å². The lowest BCUT2D eigenvalue weighted by Gasteiger charge is -2.25. The van der Waals surface area contributed by atoms with Gasteiger partial charge in [0.2, 0.25) is 0 Å². The van der Waals surface area contributed by atoms with Gasteiger partial charge in [0.25, 0.3) is 11.7 Å². The number of pyridine rings is 1. The van der Waals surface area contributed by atoms with E-state index in [4.69, 9.17) is 4.74 Å². The third-order valence-corrected chi connectivity index (χ3v) is 5.23. The van der Waals surface area contributed by atoms with E-state index >= 15 is 0 Å². The summed E-state index contributed by atoms with van der Waals surface area (Å²) in [4.78, 5) is 31.7. The lowest BCUT2D eigenvalue weighted by atomic mass is 9.95. The van der Waals surface area contributed by atoms with Crippen LogP contribution in [0.2, 0.25) is 0 Å². The van der Waals surface area contributed by atoms with Crippen LogP contribution in [0.4, 0.5) is 0 Å². The summed E-state index contributed by atoms with van der Waals surface area (Å²) in [5.41, 5.74) is 2.06. The molecular weight excluding hydrogens is 404 g/mol. The second-order valence-corrected chi connectivity index (χ2v) is 7.89. The predicted molar refractivity (Wildman–Crippen MR) is 121 cm³/mol. The van der Waals surface area contributed by atoms with E-state index in [1.807, 2.05) is 50.2 Å². The number of Topliss-reactive ketones (excluding diaryl/α,β-unsaturated/α-hetero) is 1. The second kappa shape index (κ2) is 9.06.